The molecule has 0 aliphatic heterocycles. The molecule has 2 aromatic heterocycles. The van der Waals surface area contributed by atoms with Crippen LogP contribution in [0.4, 0.5) is 0 Å². The van der Waals surface area contributed by atoms with Gasteiger partial charge in [0, 0.05) is 23.4 Å². The summed E-state index contributed by atoms with van der Waals surface area (Å²) in [6.07, 6.45) is 11.0. The van der Waals surface area contributed by atoms with Crippen LogP contribution < -0.4 is 5.56 Å². The van der Waals surface area contributed by atoms with Crippen LogP contribution in [0.15, 0.2) is 53.5 Å². The summed E-state index contributed by atoms with van der Waals surface area (Å²) in [5.74, 6) is -1.28. The molecule has 4 rings (SSSR count). The van der Waals surface area contributed by atoms with Gasteiger partial charge < -0.3 is 9.84 Å². The van der Waals surface area contributed by atoms with Gasteiger partial charge in [0.15, 0.2) is 0 Å². The highest BCUT2D eigenvalue weighted by molar-refractivity contribution is 6.19. The third-order valence-corrected chi connectivity index (χ3v) is 6.48. The largest absolute Gasteiger partial charge is 0.481 e. The number of carboxylic acid groups (broad SMARTS) is 1. The molecule has 0 radical (unpaired) electrons. The SMILES string of the molecule is O=C(O)CCCCCCCCCCCOC(=O)c1c(=O)n2cccc3ccc4cccc1c4c32. The van der Waals surface area contributed by atoms with E-state index in [1.165, 1.54) is 0 Å². The maximum Gasteiger partial charge on any atom is 0.344 e. The van der Waals surface area contributed by atoms with Crippen LogP contribution in [0, 0.1) is 0 Å². The highest BCUT2D eigenvalue weighted by Crippen LogP contribution is 2.31. The van der Waals surface area contributed by atoms with Crippen molar-refractivity contribution in [2.45, 2.75) is 64.2 Å². The van der Waals surface area contributed by atoms with Crippen molar-refractivity contribution < 1.29 is 19.4 Å². The minimum Gasteiger partial charge on any atom is -0.481 e. The standard InChI is InChI=1S/C28H31NO5/c30-23(31)15-8-6-4-2-1-3-5-7-9-19-34-28(33)25-22-14-10-12-20-16-17-21-13-11-18-29(27(25)32)26(21)24(20)22/h10-14,16-18H,1-9,15,19H2,(H,30,31). The molecule has 2 aromatic carbocycles. The van der Waals surface area contributed by atoms with Gasteiger partial charge in [0.2, 0.25) is 0 Å². The Morgan fingerprint density at radius 1 is 0.794 bits per heavy atom. The first-order chi connectivity index (χ1) is 16.6. The van der Waals surface area contributed by atoms with Gasteiger partial charge in [-0.1, -0.05) is 81.3 Å². The van der Waals surface area contributed by atoms with Crippen LogP contribution in [0.3, 0.4) is 0 Å². The Labute approximate surface area is 198 Å². The molecule has 0 aliphatic carbocycles. The van der Waals surface area contributed by atoms with E-state index >= 15 is 0 Å². The van der Waals surface area contributed by atoms with Gasteiger partial charge in [-0.25, -0.2) is 4.79 Å². The number of carboxylic acids is 1. The molecule has 4 aromatic rings. The molecule has 0 aliphatic rings. The minimum absolute atomic E-state index is 0.102. The Morgan fingerprint density at radius 3 is 2.18 bits per heavy atom. The van der Waals surface area contributed by atoms with Crippen molar-refractivity contribution >= 4 is 39.0 Å². The Kier molecular flexibility index (Phi) is 7.78. The number of esters is 1. The second kappa shape index (κ2) is 11.1. The molecule has 0 saturated carbocycles. The zero-order valence-electron chi connectivity index (χ0n) is 19.4. The number of hydrogen-bond donors (Lipinski definition) is 1. The van der Waals surface area contributed by atoms with E-state index in [0.717, 1.165) is 79.5 Å². The molecule has 0 spiro atoms. The van der Waals surface area contributed by atoms with Crippen LogP contribution >= 0.6 is 0 Å². The zero-order valence-corrected chi connectivity index (χ0v) is 19.4. The second-order valence-corrected chi connectivity index (χ2v) is 8.93. The van der Waals surface area contributed by atoms with Crippen LogP contribution in [0.5, 0.6) is 0 Å². The number of aromatic nitrogens is 1. The maximum absolute atomic E-state index is 13.2. The fraction of sp³-hybridized carbons (Fsp3) is 0.393. The highest BCUT2D eigenvalue weighted by Gasteiger charge is 2.21. The van der Waals surface area contributed by atoms with Crippen LogP contribution in [0.25, 0.3) is 27.1 Å². The number of aliphatic carboxylic acids is 1. The topological polar surface area (TPSA) is 85.1 Å². The smallest absolute Gasteiger partial charge is 0.344 e. The highest BCUT2D eigenvalue weighted by atomic mass is 16.5. The van der Waals surface area contributed by atoms with Gasteiger partial charge in [-0.3, -0.25) is 14.0 Å². The summed E-state index contributed by atoms with van der Waals surface area (Å²) in [6.45, 7) is 0.303. The van der Waals surface area contributed by atoms with Crippen LogP contribution in [-0.4, -0.2) is 28.1 Å². The molecule has 0 unspecified atom stereocenters. The Bertz CT molecular complexity index is 1340. The molecule has 0 amide bonds. The van der Waals surface area contributed by atoms with Crippen molar-refractivity contribution in [1.29, 1.82) is 0 Å². The number of ether oxygens (including phenoxy) is 1. The monoisotopic (exact) mass is 461 g/mol. The van der Waals surface area contributed by atoms with E-state index in [0.29, 0.717) is 12.0 Å². The van der Waals surface area contributed by atoms with E-state index < -0.39 is 11.9 Å². The normalized spacial score (nSPS) is 11.5. The second-order valence-electron chi connectivity index (χ2n) is 8.93. The van der Waals surface area contributed by atoms with Gasteiger partial charge in [-0.15, -0.1) is 0 Å². The van der Waals surface area contributed by atoms with Crippen LogP contribution in [-0.2, 0) is 9.53 Å². The summed E-state index contributed by atoms with van der Waals surface area (Å²) in [5, 5.41) is 12.1. The quantitative estimate of drug-likeness (QED) is 0.146. The van der Waals surface area contributed by atoms with Crippen molar-refractivity contribution in [2.24, 2.45) is 0 Å². The Hall–Kier alpha value is -3.41. The molecular formula is C28H31NO5. The van der Waals surface area contributed by atoms with E-state index in [9.17, 15) is 14.4 Å². The van der Waals surface area contributed by atoms with Gasteiger partial charge in [-0.2, -0.15) is 0 Å². The van der Waals surface area contributed by atoms with Gasteiger partial charge in [0.05, 0.1) is 12.1 Å². The van der Waals surface area contributed by atoms with E-state index in [-0.39, 0.29) is 17.5 Å². The van der Waals surface area contributed by atoms with Crippen LogP contribution in [0.2, 0.25) is 0 Å². The van der Waals surface area contributed by atoms with Gasteiger partial charge >= 0.3 is 11.9 Å². The van der Waals surface area contributed by atoms with E-state index in [2.05, 4.69) is 0 Å². The third-order valence-electron chi connectivity index (χ3n) is 6.48. The first-order valence-corrected chi connectivity index (χ1v) is 12.2. The number of carbonyl (C=O) groups is 2. The summed E-state index contributed by atoms with van der Waals surface area (Å²) in [6, 6.07) is 13.5. The fourth-order valence-electron chi connectivity index (χ4n) is 4.74. The number of pyridine rings is 2. The van der Waals surface area contributed by atoms with Crippen molar-refractivity contribution in [3.63, 3.8) is 0 Å². The van der Waals surface area contributed by atoms with Gasteiger partial charge in [0.1, 0.15) is 5.56 Å². The lowest BCUT2D eigenvalue weighted by Crippen LogP contribution is -2.24. The van der Waals surface area contributed by atoms with Gasteiger partial charge in [-0.05, 0) is 29.7 Å². The summed E-state index contributed by atoms with van der Waals surface area (Å²) in [7, 11) is 0. The van der Waals surface area contributed by atoms with Crippen LogP contribution in [0.1, 0.15) is 74.6 Å². The molecule has 0 bridgehead atoms. The van der Waals surface area contributed by atoms with E-state index in [4.69, 9.17) is 9.84 Å². The Morgan fingerprint density at radius 2 is 1.44 bits per heavy atom. The predicted molar refractivity (Wildman–Crippen MR) is 134 cm³/mol. The number of nitrogens with zero attached hydrogens (tertiary/aromatic N) is 1. The molecular weight excluding hydrogens is 430 g/mol. The van der Waals surface area contributed by atoms with E-state index in [1.807, 2.05) is 42.5 Å². The number of carbonyl (C=O) groups excluding carboxylic acids is 1. The van der Waals surface area contributed by atoms with Crippen molar-refractivity contribution in [2.75, 3.05) is 6.61 Å². The molecule has 6 heteroatoms. The average Bonchev–Trinajstić information content (AvgIpc) is 2.83. The lowest BCUT2D eigenvalue weighted by molar-refractivity contribution is -0.137. The molecule has 0 atom stereocenters. The lowest BCUT2D eigenvalue weighted by atomic mass is 9.98. The minimum atomic E-state index is -0.718. The van der Waals surface area contributed by atoms with E-state index in [1.54, 1.807) is 10.6 Å². The molecule has 178 valence electrons. The summed E-state index contributed by atoms with van der Waals surface area (Å²) < 4.78 is 7.09. The van der Waals surface area contributed by atoms with Crippen molar-refractivity contribution in [3.05, 3.63) is 64.6 Å². The predicted octanol–water partition coefficient (Wildman–Crippen LogP) is 6.19. The zero-order chi connectivity index (χ0) is 23.9. The molecule has 2 heterocycles. The van der Waals surface area contributed by atoms with Gasteiger partial charge in [0.25, 0.3) is 5.56 Å². The first kappa shape index (κ1) is 23.7. The molecule has 1 N–H and O–H groups in total. The summed E-state index contributed by atoms with van der Waals surface area (Å²) in [4.78, 5) is 36.7. The van der Waals surface area contributed by atoms with Crippen molar-refractivity contribution in [1.82, 2.24) is 4.40 Å². The number of benzene rings is 2. The fourth-order valence-corrected chi connectivity index (χ4v) is 4.74. The third kappa shape index (κ3) is 5.22. The Balaban J connectivity index is 1.29. The lowest BCUT2D eigenvalue weighted by Gasteiger charge is -2.14. The molecule has 6 nitrogen and oxygen atoms in total. The van der Waals surface area contributed by atoms with Crippen molar-refractivity contribution in [3.8, 4) is 0 Å². The first-order valence-electron chi connectivity index (χ1n) is 12.2. The molecule has 0 saturated heterocycles. The maximum atomic E-state index is 13.2. The average molecular weight is 462 g/mol. The molecule has 0 fully saturated rings. The summed E-state index contributed by atoms with van der Waals surface area (Å²) >= 11 is 0. The molecule has 34 heavy (non-hydrogen) atoms. The number of unbranched alkanes of at least 4 members (excludes halogenated alkanes) is 8. The summed E-state index contributed by atoms with van der Waals surface area (Å²) in [5.41, 5.74) is 0.592. The number of rotatable bonds is 13. The number of hydrogen-bond acceptors (Lipinski definition) is 4.